The molecule has 0 unspecified atom stereocenters. The van der Waals surface area contributed by atoms with E-state index < -0.39 is 17.7 Å². The summed E-state index contributed by atoms with van der Waals surface area (Å²) >= 11 is -0.331. The summed E-state index contributed by atoms with van der Waals surface area (Å²) in [5.41, 5.74) is -3.59. The number of ether oxygens (including phenoxy) is 1. The number of likely N-dealkylation sites (tertiary alicyclic amines) is 1. The number of piperidine rings is 1. The molecule has 0 radical (unpaired) electrons. The lowest BCUT2D eigenvalue weighted by molar-refractivity contribution is -0.0330. The van der Waals surface area contributed by atoms with E-state index in [9.17, 15) is 22.4 Å². The fourth-order valence-corrected chi connectivity index (χ4v) is 4.79. The number of methoxy groups -OCH3 is 1. The number of benzene rings is 1. The third-order valence-corrected chi connectivity index (χ3v) is 6.86. The first-order chi connectivity index (χ1) is 18.6. The minimum absolute atomic E-state index is 0.0577. The second kappa shape index (κ2) is 12.0. The molecule has 3 aromatic rings. The maximum atomic E-state index is 14.6. The van der Waals surface area contributed by atoms with E-state index in [2.05, 4.69) is 37.8 Å². The molecule has 39 heavy (non-hydrogen) atoms. The number of nitrogens with one attached hydrogen (secondary N) is 3. The van der Waals surface area contributed by atoms with Gasteiger partial charge in [-0.1, -0.05) is 5.92 Å². The Morgan fingerprint density at radius 1 is 1.33 bits per heavy atom. The fourth-order valence-electron chi connectivity index (χ4n) is 4.13. The number of hydrogen-bond donors (Lipinski definition) is 3. The zero-order valence-corrected chi connectivity index (χ0v) is 22.2. The van der Waals surface area contributed by atoms with Crippen molar-refractivity contribution in [3.8, 4) is 17.6 Å². The van der Waals surface area contributed by atoms with E-state index >= 15 is 0 Å². The molecule has 0 bridgehead atoms. The lowest BCUT2D eigenvalue weighted by Gasteiger charge is -2.32. The zero-order chi connectivity index (χ0) is 28.2. The van der Waals surface area contributed by atoms with Crippen molar-refractivity contribution in [2.24, 2.45) is 0 Å². The van der Waals surface area contributed by atoms with Crippen molar-refractivity contribution in [1.82, 2.24) is 24.6 Å². The van der Waals surface area contributed by atoms with Gasteiger partial charge in [0.2, 0.25) is 0 Å². The molecule has 0 saturated carbocycles. The van der Waals surface area contributed by atoms with Gasteiger partial charge < -0.3 is 25.6 Å². The van der Waals surface area contributed by atoms with Crippen molar-refractivity contribution >= 4 is 34.8 Å². The van der Waals surface area contributed by atoms with Crippen LogP contribution in [0.25, 0.3) is 5.65 Å². The molecule has 1 saturated heterocycles. The third-order valence-electron chi connectivity index (χ3n) is 6.04. The van der Waals surface area contributed by atoms with Crippen LogP contribution >= 0.6 is 11.8 Å². The number of rotatable bonds is 7. The minimum atomic E-state index is -4.58. The monoisotopic (exact) mass is 565 g/mol. The first-order valence-electron chi connectivity index (χ1n) is 11.9. The van der Waals surface area contributed by atoms with Crippen molar-refractivity contribution in [2.45, 2.75) is 29.2 Å². The number of nitrogens with zero attached hydrogens (tertiary/aromatic N) is 4. The molecule has 3 N–H and O–H groups in total. The van der Waals surface area contributed by atoms with E-state index in [0.29, 0.717) is 30.0 Å². The van der Waals surface area contributed by atoms with Gasteiger partial charge in [0.15, 0.2) is 11.5 Å². The van der Waals surface area contributed by atoms with Crippen molar-refractivity contribution in [1.29, 1.82) is 0 Å². The highest BCUT2D eigenvalue weighted by Gasteiger charge is 2.34. The molecule has 2 aromatic heterocycles. The van der Waals surface area contributed by atoms with Crippen LogP contribution in [0.5, 0.6) is 5.75 Å². The van der Waals surface area contributed by atoms with Crippen LogP contribution in [0.3, 0.4) is 0 Å². The summed E-state index contributed by atoms with van der Waals surface area (Å²) < 4.78 is 61.5. The number of aromatic nitrogens is 3. The standard InChI is InChI=1S/C25H27F4N7O2S/c1-30-23(37)15-6-7-18(20(13-15)38-3)31-9-4-5-19-24(39-25(27,28)29)36-12-10-32-21(22(36)34-19)33-17-8-11-35(2)14-16(17)26/h6-7,10,12-13,16-17,31H,8-9,11,14H2,1-3H3,(H,30,37)(H,32,33)/t16-,17+/m0/s1. The molecule has 208 valence electrons. The molecule has 4 rings (SSSR count). The summed E-state index contributed by atoms with van der Waals surface area (Å²) in [6.45, 7) is 0.976. The molecule has 1 amide bonds. The first-order valence-corrected chi connectivity index (χ1v) is 12.8. The van der Waals surface area contributed by atoms with E-state index in [4.69, 9.17) is 4.74 Å². The van der Waals surface area contributed by atoms with E-state index in [0.717, 1.165) is 0 Å². The Balaban J connectivity index is 1.59. The Hall–Kier alpha value is -3.70. The minimum Gasteiger partial charge on any atom is -0.495 e. The highest BCUT2D eigenvalue weighted by atomic mass is 32.2. The highest BCUT2D eigenvalue weighted by Crippen LogP contribution is 2.39. The first kappa shape index (κ1) is 28.3. The number of amides is 1. The molecule has 2 atom stereocenters. The normalized spacial score (nSPS) is 17.8. The zero-order valence-electron chi connectivity index (χ0n) is 21.4. The molecule has 14 heteroatoms. The number of imidazole rings is 1. The lowest BCUT2D eigenvalue weighted by Crippen LogP contribution is -2.46. The van der Waals surface area contributed by atoms with Gasteiger partial charge in [0.25, 0.3) is 5.91 Å². The van der Waals surface area contributed by atoms with Crippen molar-refractivity contribution in [2.75, 3.05) is 51.5 Å². The SMILES string of the molecule is CNC(=O)c1ccc(NCC#Cc2nc3c(N[C@@H]4CCN(C)C[C@@H]4F)nccn3c2SC(F)(F)F)c(OC)c1. The number of thioether (sulfide) groups is 1. The molecule has 1 fully saturated rings. The highest BCUT2D eigenvalue weighted by molar-refractivity contribution is 8.00. The van der Waals surface area contributed by atoms with E-state index in [-0.39, 0.29) is 52.9 Å². The Kier molecular flexibility index (Phi) is 8.71. The summed E-state index contributed by atoms with van der Waals surface area (Å²) in [5.74, 6) is 5.82. The molecular weight excluding hydrogens is 538 g/mol. The number of carbonyl (C=O) groups excluding carboxylic acids is 1. The summed E-state index contributed by atoms with van der Waals surface area (Å²) in [7, 11) is 4.79. The Labute approximate surface area is 226 Å². The molecule has 1 aliphatic rings. The van der Waals surface area contributed by atoms with E-state index in [1.807, 2.05) is 11.9 Å². The third kappa shape index (κ3) is 6.85. The lowest BCUT2D eigenvalue weighted by atomic mass is 10.0. The van der Waals surface area contributed by atoms with Crippen LogP contribution in [0.1, 0.15) is 22.5 Å². The van der Waals surface area contributed by atoms with Gasteiger partial charge in [-0.2, -0.15) is 13.2 Å². The predicted octanol–water partition coefficient (Wildman–Crippen LogP) is 3.63. The van der Waals surface area contributed by atoms with Crippen LogP contribution in [0.2, 0.25) is 0 Å². The molecule has 3 heterocycles. The topological polar surface area (TPSA) is 95.8 Å². The van der Waals surface area contributed by atoms with Crippen molar-refractivity contribution < 1.29 is 27.1 Å². The van der Waals surface area contributed by atoms with Gasteiger partial charge >= 0.3 is 5.51 Å². The van der Waals surface area contributed by atoms with Crippen molar-refractivity contribution in [3.63, 3.8) is 0 Å². The van der Waals surface area contributed by atoms with Crippen molar-refractivity contribution in [3.05, 3.63) is 41.9 Å². The molecular formula is C25H27F4N7O2S. The Morgan fingerprint density at radius 3 is 2.82 bits per heavy atom. The molecule has 0 spiro atoms. The van der Waals surface area contributed by atoms with Gasteiger partial charge in [0.1, 0.15) is 22.6 Å². The molecule has 1 aromatic carbocycles. The maximum absolute atomic E-state index is 14.6. The molecule has 9 nitrogen and oxygen atoms in total. The Bertz CT molecular complexity index is 1400. The fraction of sp³-hybridized carbons (Fsp3) is 0.400. The second-order valence-corrected chi connectivity index (χ2v) is 9.80. The number of carbonyl (C=O) groups is 1. The van der Waals surface area contributed by atoms with Gasteiger partial charge in [-0.15, -0.1) is 0 Å². The smallest absolute Gasteiger partial charge is 0.447 e. The quantitative estimate of drug-likeness (QED) is 0.227. The summed E-state index contributed by atoms with van der Waals surface area (Å²) in [5, 5.41) is 8.36. The number of alkyl halides is 4. The number of fused-ring (bicyclic) bond motifs is 1. The predicted molar refractivity (Wildman–Crippen MR) is 141 cm³/mol. The molecule has 0 aliphatic carbocycles. The van der Waals surface area contributed by atoms with Crippen LogP contribution in [-0.2, 0) is 0 Å². The van der Waals surface area contributed by atoms with Gasteiger partial charge in [0, 0.05) is 49.9 Å². The largest absolute Gasteiger partial charge is 0.495 e. The number of hydrogen-bond acceptors (Lipinski definition) is 8. The Morgan fingerprint density at radius 2 is 2.13 bits per heavy atom. The number of anilines is 2. The molecule has 1 aliphatic heterocycles. The average molecular weight is 566 g/mol. The summed E-state index contributed by atoms with van der Waals surface area (Å²) in [6, 6.07) is 4.26. The second-order valence-electron chi connectivity index (χ2n) is 8.75. The van der Waals surface area contributed by atoms with Gasteiger partial charge in [-0.05, 0) is 37.6 Å². The van der Waals surface area contributed by atoms with Gasteiger partial charge in [0.05, 0.1) is 25.4 Å². The van der Waals surface area contributed by atoms with E-state index in [1.165, 1.54) is 31.0 Å². The van der Waals surface area contributed by atoms with Crippen LogP contribution in [0.4, 0.5) is 29.1 Å². The maximum Gasteiger partial charge on any atom is 0.447 e. The van der Waals surface area contributed by atoms with E-state index in [1.54, 1.807) is 18.2 Å². The number of halogens is 4. The summed E-state index contributed by atoms with van der Waals surface area (Å²) in [4.78, 5) is 22.3. The van der Waals surface area contributed by atoms with Crippen LogP contribution in [-0.4, -0.2) is 83.7 Å². The average Bonchev–Trinajstić information content (AvgIpc) is 3.24. The van der Waals surface area contributed by atoms with Gasteiger partial charge in [-0.25, -0.2) is 14.4 Å². The van der Waals surface area contributed by atoms with Gasteiger partial charge in [-0.3, -0.25) is 9.20 Å². The van der Waals surface area contributed by atoms with Crippen LogP contribution < -0.4 is 20.7 Å². The summed E-state index contributed by atoms with van der Waals surface area (Å²) in [6.07, 6.45) is 2.05. The van der Waals surface area contributed by atoms with Crippen LogP contribution in [0.15, 0.2) is 35.6 Å². The van der Waals surface area contributed by atoms with Crippen LogP contribution in [0, 0.1) is 11.8 Å².